The summed E-state index contributed by atoms with van der Waals surface area (Å²) in [6, 6.07) is 0.0475. The SMILES string of the molecule is CC1CCCC(O)(CNC(C)C(C)O)C1. The predicted molar refractivity (Wildman–Crippen MR) is 61.7 cm³/mol. The van der Waals surface area contributed by atoms with Crippen LogP contribution in [-0.2, 0) is 0 Å². The first-order valence-corrected chi connectivity index (χ1v) is 6.07. The molecule has 1 saturated carbocycles. The molecule has 0 spiro atoms. The molecule has 0 aromatic rings. The molecule has 0 amide bonds. The van der Waals surface area contributed by atoms with Gasteiger partial charge in [-0.1, -0.05) is 19.8 Å². The van der Waals surface area contributed by atoms with Gasteiger partial charge in [0.25, 0.3) is 0 Å². The van der Waals surface area contributed by atoms with Gasteiger partial charge in [-0.05, 0) is 32.6 Å². The van der Waals surface area contributed by atoms with Gasteiger partial charge in [0.1, 0.15) is 0 Å². The molecule has 1 aliphatic rings. The average molecular weight is 215 g/mol. The lowest BCUT2D eigenvalue weighted by atomic mass is 9.79. The lowest BCUT2D eigenvalue weighted by Crippen LogP contribution is -2.48. The van der Waals surface area contributed by atoms with E-state index in [1.807, 2.05) is 6.92 Å². The molecule has 3 heteroatoms. The van der Waals surface area contributed by atoms with E-state index < -0.39 is 5.60 Å². The normalized spacial score (nSPS) is 36.2. The molecule has 4 atom stereocenters. The van der Waals surface area contributed by atoms with Crippen LogP contribution in [0.15, 0.2) is 0 Å². The summed E-state index contributed by atoms with van der Waals surface area (Å²) in [5.74, 6) is 0.618. The minimum Gasteiger partial charge on any atom is -0.392 e. The molecule has 4 unspecified atom stereocenters. The maximum absolute atomic E-state index is 10.3. The van der Waals surface area contributed by atoms with Crippen molar-refractivity contribution in [3.8, 4) is 0 Å². The van der Waals surface area contributed by atoms with Gasteiger partial charge in [-0.15, -0.1) is 0 Å². The van der Waals surface area contributed by atoms with Gasteiger partial charge in [0.2, 0.25) is 0 Å². The molecule has 1 rings (SSSR count). The first kappa shape index (κ1) is 12.9. The second-order valence-corrected chi connectivity index (χ2v) is 5.34. The molecule has 90 valence electrons. The maximum atomic E-state index is 10.3. The van der Waals surface area contributed by atoms with E-state index in [-0.39, 0.29) is 12.1 Å². The van der Waals surface area contributed by atoms with Crippen molar-refractivity contribution in [2.75, 3.05) is 6.54 Å². The van der Waals surface area contributed by atoms with Crippen LogP contribution in [0, 0.1) is 5.92 Å². The maximum Gasteiger partial charge on any atom is 0.0774 e. The third-order valence-corrected chi connectivity index (χ3v) is 3.54. The molecule has 15 heavy (non-hydrogen) atoms. The van der Waals surface area contributed by atoms with Crippen LogP contribution in [0.5, 0.6) is 0 Å². The minimum absolute atomic E-state index is 0.0475. The van der Waals surface area contributed by atoms with E-state index in [0.717, 1.165) is 19.3 Å². The molecular weight excluding hydrogens is 190 g/mol. The zero-order valence-electron chi connectivity index (χ0n) is 10.2. The fraction of sp³-hybridized carbons (Fsp3) is 1.00. The molecule has 0 saturated heterocycles. The zero-order valence-corrected chi connectivity index (χ0v) is 10.2. The minimum atomic E-state index is -0.555. The van der Waals surface area contributed by atoms with Crippen molar-refractivity contribution >= 4 is 0 Å². The summed E-state index contributed by atoms with van der Waals surface area (Å²) >= 11 is 0. The number of aliphatic hydroxyl groups excluding tert-OH is 1. The Hall–Kier alpha value is -0.120. The Bertz CT molecular complexity index is 196. The Morgan fingerprint density at radius 1 is 1.47 bits per heavy atom. The van der Waals surface area contributed by atoms with Gasteiger partial charge >= 0.3 is 0 Å². The van der Waals surface area contributed by atoms with Crippen LogP contribution in [0.25, 0.3) is 0 Å². The van der Waals surface area contributed by atoms with Gasteiger partial charge in [-0.25, -0.2) is 0 Å². The second kappa shape index (κ2) is 5.28. The highest BCUT2D eigenvalue weighted by atomic mass is 16.3. The molecule has 1 fully saturated rings. The van der Waals surface area contributed by atoms with Crippen molar-refractivity contribution in [3.05, 3.63) is 0 Å². The highest BCUT2D eigenvalue weighted by Crippen LogP contribution is 2.31. The van der Waals surface area contributed by atoms with Crippen LogP contribution < -0.4 is 5.32 Å². The van der Waals surface area contributed by atoms with Crippen molar-refractivity contribution < 1.29 is 10.2 Å². The molecule has 0 aliphatic heterocycles. The predicted octanol–water partition coefficient (Wildman–Crippen LogP) is 1.29. The number of aliphatic hydroxyl groups is 2. The summed E-state index contributed by atoms with van der Waals surface area (Å²) in [6.45, 7) is 6.51. The Balaban J connectivity index is 2.35. The van der Waals surface area contributed by atoms with Crippen molar-refractivity contribution in [2.24, 2.45) is 5.92 Å². The second-order valence-electron chi connectivity index (χ2n) is 5.34. The summed E-state index contributed by atoms with van der Waals surface area (Å²) < 4.78 is 0. The largest absolute Gasteiger partial charge is 0.392 e. The molecule has 0 aromatic carbocycles. The van der Waals surface area contributed by atoms with Gasteiger partial charge < -0.3 is 15.5 Å². The average Bonchev–Trinajstić information content (AvgIpc) is 2.13. The molecule has 3 N–H and O–H groups in total. The van der Waals surface area contributed by atoms with Crippen LogP contribution in [0.1, 0.15) is 46.5 Å². The number of nitrogens with one attached hydrogen (secondary N) is 1. The Labute approximate surface area is 92.9 Å². The molecule has 0 bridgehead atoms. The number of rotatable bonds is 4. The molecule has 0 radical (unpaired) electrons. The lowest BCUT2D eigenvalue weighted by Gasteiger charge is -2.36. The van der Waals surface area contributed by atoms with Crippen LogP contribution in [0.2, 0.25) is 0 Å². The third kappa shape index (κ3) is 4.09. The topological polar surface area (TPSA) is 52.5 Å². The van der Waals surface area contributed by atoms with Gasteiger partial charge in [0.05, 0.1) is 11.7 Å². The van der Waals surface area contributed by atoms with Gasteiger partial charge in [-0.3, -0.25) is 0 Å². The van der Waals surface area contributed by atoms with Gasteiger partial charge in [-0.2, -0.15) is 0 Å². The summed E-state index contributed by atoms with van der Waals surface area (Å²) in [4.78, 5) is 0. The van der Waals surface area contributed by atoms with E-state index in [9.17, 15) is 10.2 Å². The highest BCUT2D eigenvalue weighted by Gasteiger charge is 2.32. The molecular formula is C12H25NO2. The summed E-state index contributed by atoms with van der Waals surface area (Å²) in [7, 11) is 0. The van der Waals surface area contributed by atoms with Crippen LogP contribution in [0.3, 0.4) is 0 Å². The van der Waals surface area contributed by atoms with Crippen LogP contribution >= 0.6 is 0 Å². The Kier molecular flexibility index (Phi) is 4.56. The van der Waals surface area contributed by atoms with E-state index in [0.29, 0.717) is 12.5 Å². The molecule has 0 aromatic heterocycles. The van der Waals surface area contributed by atoms with Crippen molar-refractivity contribution in [3.63, 3.8) is 0 Å². The molecule has 1 aliphatic carbocycles. The van der Waals surface area contributed by atoms with E-state index in [1.54, 1.807) is 6.92 Å². The number of hydrogen-bond donors (Lipinski definition) is 3. The summed E-state index contributed by atoms with van der Waals surface area (Å²) in [5, 5.41) is 22.9. The fourth-order valence-corrected chi connectivity index (χ4v) is 2.31. The van der Waals surface area contributed by atoms with Crippen LogP contribution in [-0.4, -0.2) is 34.5 Å². The Morgan fingerprint density at radius 2 is 2.13 bits per heavy atom. The standard InChI is InChI=1S/C12H25NO2/c1-9-5-4-6-12(15,7-9)8-13-10(2)11(3)14/h9-11,13-15H,4-8H2,1-3H3. The van der Waals surface area contributed by atoms with E-state index in [2.05, 4.69) is 12.2 Å². The highest BCUT2D eigenvalue weighted by molar-refractivity contribution is 4.88. The summed E-state index contributed by atoms with van der Waals surface area (Å²) in [6.07, 6.45) is 3.75. The van der Waals surface area contributed by atoms with Crippen molar-refractivity contribution in [1.29, 1.82) is 0 Å². The van der Waals surface area contributed by atoms with E-state index in [4.69, 9.17) is 0 Å². The van der Waals surface area contributed by atoms with Crippen LogP contribution in [0.4, 0.5) is 0 Å². The first-order valence-electron chi connectivity index (χ1n) is 6.07. The smallest absolute Gasteiger partial charge is 0.0774 e. The third-order valence-electron chi connectivity index (χ3n) is 3.54. The lowest BCUT2D eigenvalue weighted by molar-refractivity contribution is -0.0165. The molecule has 0 heterocycles. The monoisotopic (exact) mass is 215 g/mol. The molecule has 3 nitrogen and oxygen atoms in total. The van der Waals surface area contributed by atoms with E-state index in [1.165, 1.54) is 6.42 Å². The van der Waals surface area contributed by atoms with Crippen molar-refractivity contribution in [1.82, 2.24) is 5.32 Å². The zero-order chi connectivity index (χ0) is 11.5. The number of hydrogen-bond acceptors (Lipinski definition) is 3. The fourth-order valence-electron chi connectivity index (χ4n) is 2.31. The first-order chi connectivity index (χ1) is 6.93. The van der Waals surface area contributed by atoms with E-state index >= 15 is 0 Å². The summed E-state index contributed by atoms with van der Waals surface area (Å²) in [5.41, 5.74) is -0.555. The Morgan fingerprint density at radius 3 is 2.67 bits per heavy atom. The quantitative estimate of drug-likeness (QED) is 0.662. The van der Waals surface area contributed by atoms with Gasteiger partial charge in [0, 0.05) is 12.6 Å². The van der Waals surface area contributed by atoms with Crippen molar-refractivity contribution in [2.45, 2.75) is 64.2 Å². The van der Waals surface area contributed by atoms with Gasteiger partial charge in [0.15, 0.2) is 0 Å².